The number of hydrazone groups is 1. The van der Waals surface area contributed by atoms with E-state index < -0.39 is 0 Å². The van der Waals surface area contributed by atoms with Crippen LogP contribution in [0.2, 0.25) is 0 Å². The van der Waals surface area contributed by atoms with Gasteiger partial charge < -0.3 is 14.2 Å². The Hall–Kier alpha value is -2.93. The van der Waals surface area contributed by atoms with Gasteiger partial charge in [-0.1, -0.05) is 49.7 Å². The first-order valence-corrected chi connectivity index (χ1v) is 15.2. The second kappa shape index (κ2) is 19.2. The fraction of sp³-hybridized carbons (Fsp3) is 0.467. The van der Waals surface area contributed by atoms with Crippen molar-refractivity contribution in [1.82, 2.24) is 15.0 Å². The lowest BCUT2D eigenvalue weighted by atomic mass is 9.96. The third-order valence-electron chi connectivity index (χ3n) is 5.91. The molecule has 9 heteroatoms. The normalized spacial score (nSPS) is 14.4. The zero-order valence-corrected chi connectivity index (χ0v) is 25.4. The summed E-state index contributed by atoms with van der Waals surface area (Å²) in [5, 5.41) is 4.34. The summed E-state index contributed by atoms with van der Waals surface area (Å²) in [6.45, 7) is 13.4. The molecule has 0 spiro atoms. The number of aromatic nitrogens is 3. The number of fused-ring (bicyclic) bond motifs is 1. The van der Waals surface area contributed by atoms with Crippen molar-refractivity contribution in [2.45, 2.75) is 53.4 Å². The van der Waals surface area contributed by atoms with E-state index >= 15 is 0 Å². The van der Waals surface area contributed by atoms with Crippen LogP contribution in [-0.2, 0) is 22.1 Å². The Bertz CT molecular complexity index is 1110. The van der Waals surface area contributed by atoms with Crippen molar-refractivity contribution in [2.24, 2.45) is 5.10 Å². The van der Waals surface area contributed by atoms with Crippen molar-refractivity contribution >= 4 is 26.8 Å². The minimum Gasteiger partial charge on any atom is -0.378 e. The first kappa shape index (κ1) is 32.3. The summed E-state index contributed by atoms with van der Waals surface area (Å²) < 4.78 is 10.1. The van der Waals surface area contributed by atoms with Gasteiger partial charge in [-0.2, -0.15) is 10.1 Å². The largest absolute Gasteiger partial charge is 0.378 e. The van der Waals surface area contributed by atoms with Gasteiger partial charge in [0.05, 0.1) is 25.1 Å². The molecule has 1 saturated heterocycles. The number of aryl methyl sites for hydroxylation is 3. The van der Waals surface area contributed by atoms with Crippen molar-refractivity contribution in [3.8, 4) is 0 Å². The number of nitrogens with one attached hydrogen (secondary N) is 1. The average Bonchev–Trinajstić information content (AvgIpc) is 2.99. The summed E-state index contributed by atoms with van der Waals surface area (Å²) in [6, 6.07) is 12.2. The van der Waals surface area contributed by atoms with Gasteiger partial charge in [0.25, 0.3) is 0 Å². The summed E-state index contributed by atoms with van der Waals surface area (Å²) in [4.78, 5) is 15.7. The van der Waals surface area contributed by atoms with E-state index in [1.807, 2.05) is 64.1 Å². The Balaban J connectivity index is 0.000000479. The number of anilines is 2. The van der Waals surface area contributed by atoms with Gasteiger partial charge in [0.1, 0.15) is 5.82 Å². The maximum atomic E-state index is 5.49. The Morgan fingerprint density at radius 2 is 1.77 bits per heavy atom. The van der Waals surface area contributed by atoms with Crippen molar-refractivity contribution in [1.29, 1.82) is 0 Å². The van der Waals surface area contributed by atoms with Crippen LogP contribution < -0.4 is 10.3 Å². The van der Waals surface area contributed by atoms with Crippen molar-refractivity contribution < 1.29 is 10.7 Å². The fourth-order valence-electron chi connectivity index (χ4n) is 4.02. The first-order valence-electron chi connectivity index (χ1n) is 13.7. The van der Waals surface area contributed by atoms with E-state index in [9.17, 15) is 0 Å². The van der Waals surface area contributed by atoms with Crippen LogP contribution >= 0.6 is 8.81 Å². The summed E-state index contributed by atoms with van der Waals surface area (Å²) in [6.07, 6.45) is 9.90. The molecule has 0 amide bonds. The molecule has 1 aliphatic carbocycles. The van der Waals surface area contributed by atoms with Crippen LogP contribution in [0.4, 0.5) is 11.8 Å². The molecule has 3 heterocycles. The molecular formula is C30H47N6O2P. The zero-order chi connectivity index (χ0) is 28.3. The number of rotatable bonds is 5. The molecule has 1 aromatic carbocycles. The molecule has 1 aliphatic heterocycles. The van der Waals surface area contributed by atoms with Crippen LogP contribution in [0.1, 0.15) is 56.1 Å². The number of nitrogens with zero attached hydrogens (tertiary/aromatic N) is 5. The molecule has 3 aromatic rings. The van der Waals surface area contributed by atoms with Gasteiger partial charge in [-0.25, -0.2) is 10.4 Å². The molecule has 0 saturated carbocycles. The van der Waals surface area contributed by atoms with Gasteiger partial charge in [-0.15, -0.1) is 0 Å². The van der Waals surface area contributed by atoms with E-state index in [1.165, 1.54) is 35.2 Å². The molecule has 0 bridgehead atoms. The molecule has 5 rings (SSSR count). The third-order valence-corrected chi connectivity index (χ3v) is 6.31. The third kappa shape index (κ3) is 11.8. The quantitative estimate of drug-likeness (QED) is 0.220. The van der Waals surface area contributed by atoms with Gasteiger partial charge in [-0.05, 0) is 63.4 Å². The highest BCUT2D eigenvalue weighted by molar-refractivity contribution is 7.31. The van der Waals surface area contributed by atoms with Crippen LogP contribution in [-0.4, -0.2) is 61.2 Å². The number of pyridine rings is 1. The number of morpholine rings is 1. The molecule has 39 heavy (non-hydrogen) atoms. The molecule has 2 aliphatic rings. The summed E-state index contributed by atoms with van der Waals surface area (Å²) in [5.74, 6) is 1.64. The van der Waals surface area contributed by atoms with E-state index in [4.69, 9.17) is 14.7 Å². The molecule has 1 atom stereocenters. The second-order valence-electron chi connectivity index (χ2n) is 8.83. The van der Waals surface area contributed by atoms with Gasteiger partial charge in [-0.3, -0.25) is 4.98 Å². The van der Waals surface area contributed by atoms with Gasteiger partial charge >= 0.3 is 0 Å². The highest BCUT2D eigenvalue weighted by atomic mass is 31.1. The Morgan fingerprint density at radius 1 is 1.05 bits per heavy atom. The maximum Gasteiger partial charge on any atom is 0.245 e. The molecule has 1 N–H and O–H groups in total. The van der Waals surface area contributed by atoms with Gasteiger partial charge in [0.2, 0.25) is 5.95 Å². The molecule has 0 radical (unpaired) electrons. The highest BCUT2D eigenvalue weighted by Gasteiger charge is 2.23. The minimum absolute atomic E-state index is 0. The summed E-state index contributed by atoms with van der Waals surface area (Å²) >= 11 is 0. The maximum absolute atomic E-state index is 5.49. The second-order valence-corrected chi connectivity index (χ2v) is 9.64. The first-order chi connectivity index (χ1) is 19.1. The van der Waals surface area contributed by atoms with Crippen LogP contribution in [0.25, 0.3) is 0 Å². The van der Waals surface area contributed by atoms with E-state index in [-0.39, 0.29) is 1.43 Å². The number of hydrogen-bond donors (Lipinski definition) is 1. The number of hydrogen-bond acceptors (Lipinski definition) is 8. The molecule has 1 unspecified atom stereocenters. The lowest BCUT2D eigenvalue weighted by Gasteiger charge is -2.31. The van der Waals surface area contributed by atoms with E-state index in [1.54, 1.807) is 13.3 Å². The highest BCUT2D eigenvalue weighted by Crippen LogP contribution is 2.29. The van der Waals surface area contributed by atoms with Crippen molar-refractivity contribution in [3.63, 3.8) is 0 Å². The summed E-state index contributed by atoms with van der Waals surface area (Å²) in [5.41, 5.74) is 9.00. The molecular weight excluding hydrogens is 507 g/mol. The summed E-state index contributed by atoms with van der Waals surface area (Å²) in [7, 11) is 2.33. The lowest BCUT2D eigenvalue weighted by molar-refractivity contribution is 0.122. The van der Waals surface area contributed by atoms with Crippen LogP contribution in [0.5, 0.6) is 0 Å². The van der Waals surface area contributed by atoms with Crippen molar-refractivity contribution in [3.05, 3.63) is 76.7 Å². The van der Waals surface area contributed by atoms with Gasteiger partial charge in [0, 0.05) is 48.4 Å². The van der Waals surface area contributed by atoms with Crippen LogP contribution in [0, 0.1) is 13.8 Å². The number of ether oxygens (including phenoxy) is 1. The minimum atomic E-state index is 0. The average molecular weight is 555 g/mol. The standard InChI is InChI=1S/C20H25N5O.C6H7N.C2H7OP.C2H6.H2/c1-15-5-4-6-16(13-15)14-21-24-20-22-18-8-3-2-7-17(18)19(23-20)25-9-11-26-12-10-25;1-6-3-2-4-7-5-6;1-3-4-2;1-2;/h4-6,13-14H,2-3,7-12H2,1H3,(H,22,23,24);2-5H,1H3;4H,1-2H3;1-2H3;1H/b21-14+;;;;. The molecule has 214 valence electrons. The number of benzene rings is 1. The fourth-order valence-corrected chi connectivity index (χ4v) is 4.02. The van der Waals surface area contributed by atoms with Gasteiger partial charge in [0.15, 0.2) is 0 Å². The zero-order valence-electron chi connectivity index (χ0n) is 24.4. The van der Waals surface area contributed by atoms with Crippen molar-refractivity contribution in [2.75, 3.05) is 50.4 Å². The Kier molecular flexibility index (Phi) is 15.9. The Morgan fingerprint density at radius 3 is 2.38 bits per heavy atom. The molecule has 1 fully saturated rings. The van der Waals surface area contributed by atoms with Crippen LogP contribution in [0.15, 0.2) is 53.9 Å². The van der Waals surface area contributed by atoms with E-state index in [0.717, 1.165) is 50.5 Å². The predicted octanol–water partition coefficient (Wildman–Crippen LogP) is 6.46. The smallest absolute Gasteiger partial charge is 0.245 e. The SMILES string of the molecule is CC.COPC.Cc1cccc(/C=N/Nc2nc3c(c(N4CCOCC4)n2)CCCC3)c1.Cc1cccnc1.[HH]. The van der Waals surface area contributed by atoms with E-state index in [0.29, 0.717) is 14.8 Å². The molecule has 8 nitrogen and oxygen atoms in total. The Labute approximate surface area is 238 Å². The van der Waals surface area contributed by atoms with Crippen LogP contribution in [0.3, 0.4) is 0 Å². The topological polar surface area (TPSA) is 84.8 Å². The molecule has 2 aromatic heterocycles. The predicted molar refractivity (Wildman–Crippen MR) is 168 cm³/mol. The lowest BCUT2D eigenvalue weighted by Crippen LogP contribution is -2.38. The van der Waals surface area contributed by atoms with E-state index in [2.05, 4.69) is 44.0 Å². The monoisotopic (exact) mass is 554 g/mol.